The molecule has 0 aliphatic rings. The molecule has 94 valence electrons. The molecule has 2 aromatic rings. The van der Waals surface area contributed by atoms with Crippen LogP contribution in [0.2, 0.25) is 0 Å². The van der Waals surface area contributed by atoms with E-state index in [1.54, 1.807) is 0 Å². The van der Waals surface area contributed by atoms with Crippen LogP contribution in [-0.2, 0) is 0 Å². The molecule has 2 aromatic heterocycles. The van der Waals surface area contributed by atoms with Gasteiger partial charge in [0.25, 0.3) is 0 Å². The molecule has 6 heteroatoms. The van der Waals surface area contributed by atoms with Gasteiger partial charge in [0.15, 0.2) is 5.69 Å². The predicted octanol–water partition coefficient (Wildman–Crippen LogP) is 3.10. The van der Waals surface area contributed by atoms with E-state index >= 15 is 0 Å². The Kier molecular flexibility index (Phi) is 3.57. The van der Waals surface area contributed by atoms with Gasteiger partial charge < -0.3 is 10.4 Å². The molecule has 18 heavy (non-hydrogen) atoms. The summed E-state index contributed by atoms with van der Waals surface area (Å²) in [5.41, 5.74) is 1.24. The SMILES string of the molecule is CC(C)c1ncc(Nc2ccsc2)c(C(=O)O)n1. The third kappa shape index (κ3) is 2.65. The average Bonchev–Trinajstić information content (AvgIpc) is 2.81. The number of anilines is 2. The topological polar surface area (TPSA) is 75.1 Å². The smallest absolute Gasteiger partial charge is 0.356 e. The van der Waals surface area contributed by atoms with Crippen molar-refractivity contribution in [3.8, 4) is 0 Å². The highest BCUT2D eigenvalue weighted by Crippen LogP contribution is 2.22. The van der Waals surface area contributed by atoms with Crippen molar-refractivity contribution in [2.75, 3.05) is 5.32 Å². The van der Waals surface area contributed by atoms with E-state index in [0.29, 0.717) is 11.5 Å². The molecule has 5 nitrogen and oxygen atoms in total. The lowest BCUT2D eigenvalue weighted by molar-refractivity contribution is 0.0691. The number of hydrogen-bond acceptors (Lipinski definition) is 5. The van der Waals surface area contributed by atoms with Gasteiger partial charge in [-0.1, -0.05) is 13.8 Å². The molecular formula is C12H13N3O2S. The summed E-state index contributed by atoms with van der Waals surface area (Å²) in [6, 6.07) is 1.87. The maximum Gasteiger partial charge on any atom is 0.356 e. The van der Waals surface area contributed by atoms with Crippen LogP contribution in [0.4, 0.5) is 11.4 Å². The number of rotatable bonds is 4. The number of aromatic carboxylic acids is 1. The summed E-state index contributed by atoms with van der Waals surface area (Å²) in [7, 11) is 0. The van der Waals surface area contributed by atoms with Gasteiger partial charge in [0.2, 0.25) is 0 Å². The van der Waals surface area contributed by atoms with Gasteiger partial charge in [-0.3, -0.25) is 0 Å². The second kappa shape index (κ2) is 5.14. The number of aromatic nitrogens is 2. The van der Waals surface area contributed by atoms with Crippen LogP contribution in [0.25, 0.3) is 0 Å². The van der Waals surface area contributed by atoms with Gasteiger partial charge in [0.1, 0.15) is 5.82 Å². The van der Waals surface area contributed by atoms with Gasteiger partial charge in [0, 0.05) is 17.0 Å². The fourth-order valence-corrected chi connectivity index (χ4v) is 2.01. The van der Waals surface area contributed by atoms with Crippen molar-refractivity contribution in [3.63, 3.8) is 0 Å². The molecule has 2 heterocycles. The molecule has 2 rings (SSSR count). The molecule has 0 aromatic carbocycles. The molecule has 0 saturated carbocycles. The molecule has 0 fully saturated rings. The van der Waals surface area contributed by atoms with E-state index < -0.39 is 5.97 Å². The van der Waals surface area contributed by atoms with Gasteiger partial charge in [-0.05, 0) is 11.4 Å². The summed E-state index contributed by atoms with van der Waals surface area (Å²) in [5, 5.41) is 16.0. The molecule has 0 radical (unpaired) electrons. The van der Waals surface area contributed by atoms with Crippen LogP contribution in [0.5, 0.6) is 0 Å². The minimum atomic E-state index is -1.06. The van der Waals surface area contributed by atoms with E-state index in [0.717, 1.165) is 5.69 Å². The Hall–Kier alpha value is -1.95. The largest absolute Gasteiger partial charge is 0.476 e. The third-order valence-corrected chi connectivity index (χ3v) is 3.01. The first kappa shape index (κ1) is 12.5. The minimum absolute atomic E-state index is 0.0000926. The van der Waals surface area contributed by atoms with E-state index in [4.69, 9.17) is 0 Å². The van der Waals surface area contributed by atoms with Crippen LogP contribution < -0.4 is 5.32 Å². The van der Waals surface area contributed by atoms with E-state index in [2.05, 4.69) is 15.3 Å². The third-order valence-electron chi connectivity index (χ3n) is 2.33. The summed E-state index contributed by atoms with van der Waals surface area (Å²) < 4.78 is 0. The quantitative estimate of drug-likeness (QED) is 0.886. The Balaban J connectivity index is 2.37. The molecule has 0 unspecified atom stereocenters. The fourth-order valence-electron chi connectivity index (χ4n) is 1.42. The van der Waals surface area contributed by atoms with Crippen LogP contribution in [0, 0.1) is 0 Å². The molecule has 2 N–H and O–H groups in total. The Bertz CT molecular complexity index is 552. The van der Waals surface area contributed by atoms with E-state index in [1.807, 2.05) is 30.7 Å². The lowest BCUT2D eigenvalue weighted by atomic mass is 10.2. The Morgan fingerprint density at radius 2 is 2.28 bits per heavy atom. The summed E-state index contributed by atoms with van der Waals surface area (Å²) in [6.07, 6.45) is 1.52. The summed E-state index contributed by atoms with van der Waals surface area (Å²) >= 11 is 1.53. The summed E-state index contributed by atoms with van der Waals surface area (Å²) in [4.78, 5) is 19.4. The first-order valence-corrected chi connectivity index (χ1v) is 6.41. The lowest BCUT2D eigenvalue weighted by Crippen LogP contribution is -2.10. The summed E-state index contributed by atoms with van der Waals surface area (Å²) in [5.74, 6) is -0.432. The zero-order chi connectivity index (χ0) is 13.1. The number of carbonyl (C=O) groups is 1. The highest BCUT2D eigenvalue weighted by molar-refractivity contribution is 7.08. The maximum absolute atomic E-state index is 11.2. The van der Waals surface area contributed by atoms with Crippen LogP contribution in [0.15, 0.2) is 23.0 Å². The fraction of sp³-hybridized carbons (Fsp3) is 0.250. The Morgan fingerprint density at radius 3 is 2.83 bits per heavy atom. The zero-order valence-corrected chi connectivity index (χ0v) is 10.9. The normalized spacial score (nSPS) is 10.6. The van der Waals surface area contributed by atoms with Crippen LogP contribution in [-0.4, -0.2) is 21.0 Å². The molecule has 0 saturated heterocycles. The second-order valence-electron chi connectivity index (χ2n) is 4.09. The van der Waals surface area contributed by atoms with Crippen LogP contribution in [0.1, 0.15) is 36.1 Å². The number of nitrogens with zero attached hydrogens (tertiary/aromatic N) is 2. The molecular weight excluding hydrogens is 250 g/mol. The number of carboxylic acid groups (broad SMARTS) is 1. The number of carboxylic acids is 1. The molecule has 0 bridgehead atoms. The van der Waals surface area contributed by atoms with E-state index in [-0.39, 0.29) is 11.6 Å². The molecule has 0 aliphatic heterocycles. The molecule has 0 spiro atoms. The van der Waals surface area contributed by atoms with Gasteiger partial charge in [0.05, 0.1) is 11.9 Å². The lowest BCUT2D eigenvalue weighted by Gasteiger charge is -2.10. The molecule has 0 amide bonds. The van der Waals surface area contributed by atoms with Crippen molar-refractivity contribution < 1.29 is 9.90 Å². The summed E-state index contributed by atoms with van der Waals surface area (Å²) in [6.45, 7) is 3.85. The van der Waals surface area contributed by atoms with Crippen molar-refractivity contribution in [1.29, 1.82) is 0 Å². The van der Waals surface area contributed by atoms with Gasteiger partial charge in [-0.2, -0.15) is 11.3 Å². The maximum atomic E-state index is 11.2. The van der Waals surface area contributed by atoms with Crippen molar-refractivity contribution >= 4 is 28.7 Å². The minimum Gasteiger partial charge on any atom is -0.476 e. The van der Waals surface area contributed by atoms with Crippen molar-refractivity contribution in [2.24, 2.45) is 0 Å². The second-order valence-corrected chi connectivity index (χ2v) is 4.87. The molecule has 0 aliphatic carbocycles. The van der Waals surface area contributed by atoms with E-state index in [9.17, 15) is 9.90 Å². The zero-order valence-electron chi connectivity index (χ0n) is 10.0. The Labute approximate surface area is 109 Å². The van der Waals surface area contributed by atoms with Gasteiger partial charge in [-0.15, -0.1) is 0 Å². The predicted molar refractivity (Wildman–Crippen MR) is 70.7 cm³/mol. The van der Waals surface area contributed by atoms with Gasteiger partial charge in [-0.25, -0.2) is 14.8 Å². The van der Waals surface area contributed by atoms with Crippen molar-refractivity contribution in [3.05, 3.63) is 34.5 Å². The Morgan fingerprint density at radius 1 is 1.50 bits per heavy atom. The highest BCUT2D eigenvalue weighted by atomic mass is 32.1. The van der Waals surface area contributed by atoms with E-state index in [1.165, 1.54) is 17.5 Å². The highest BCUT2D eigenvalue weighted by Gasteiger charge is 2.15. The molecule has 0 atom stereocenters. The van der Waals surface area contributed by atoms with Crippen LogP contribution in [0.3, 0.4) is 0 Å². The van der Waals surface area contributed by atoms with Gasteiger partial charge >= 0.3 is 5.97 Å². The standard InChI is InChI=1S/C12H13N3O2S/c1-7(2)11-13-5-9(10(15-11)12(16)17)14-8-3-4-18-6-8/h3-7,14H,1-2H3,(H,16,17). The van der Waals surface area contributed by atoms with Crippen molar-refractivity contribution in [2.45, 2.75) is 19.8 Å². The number of nitrogens with one attached hydrogen (secondary N) is 1. The number of thiophene rings is 1. The van der Waals surface area contributed by atoms with Crippen LogP contribution >= 0.6 is 11.3 Å². The first-order chi connectivity index (χ1) is 8.58. The average molecular weight is 263 g/mol. The number of hydrogen-bond donors (Lipinski definition) is 2. The van der Waals surface area contributed by atoms with Crippen molar-refractivity contribution in [1.82, 2.24) is 9.97 Å². The first-order valence-electron chi connectivity index (χ1n) is 5.47. The monoisotopic (exact) mass is 263 g/mol.